The van der Waals surface area contributed by atoms with Crippen LogP contribution in [0.25, 0.3) is 5.65 Å². The third-order valence-electron chi connectivity index (χ3n) is 2.79. The number of hydrogen-bond donors (Lipinski definition) is 1. The average molecular weight is 287 g/mol. The van der Waals surface area contributed by atoms with Gasteiger partial charge in [-0.1, -0.05) is 6.07 Å². The van der Waals surface area contributed by atoms with E-state index in [2.05, 4.69) is 10.1 Å². The Balaban J connectivity index is 1.80. The number of halogens is 1. The quantitative estimate of drug-likeness (QED) is 0.795. The maximum Gasteiger partial charge on any atom is 0.335 e. The molecule has 0 aliphatic rings. The summed E-state index contributed by atoms with van der Waals surface area (Å²) in [7, 11) is 0. The van der Waals surface area contributed by atoms with Crippen LogP contribution in [0.3, 0.4) is 0 Å². The van der Waals surface area contributed by atoms with Crippen LogP contribution >= 0.6 is 0 Å². The van der Waals surface area contributed by atoms with Gasteiger partial charge in [-0.3, -0.25) is 0 Å². The number of aromatic carboxylic acids is 1. The second-order valence-electron chi connectivity index (χ2n) is 4.30. The number of nitrogens with zero attached hydrogens (tertiary/aromatic N) is 3. The summed E-state index contributed by atoms with van der Waals surface area (Å²) in [4.78, 5) is 15.0. The smallest absolute Gasteiger partial charge is 0.335 e. The van der Waals surface area contributed by atoms with E-state index < -0.39 is 5.97 Å². The van der Waals surface area contributed by atoms with Gasteiger partial charge in [0.25, 0.3) is 0 Å². The molecule has 1 aromatic carbocycles. The molecule has 2 heterocycles. The molecule has 7 heteroatoms. The van der Waals surface area contributed by atoms with Crippen LogP contribution in [0.4, 0.5) is 4.39 Å². The number of pyridine rings is 1. The van der Waals surface area contributed by atoms with E-state index in [4.69, 9.17) is 9.84 Å². The van der Waals surface area contributed by atoms with E-state index in [9.17, 15) is 9.18 Å². The maximum absolute atomic E-state index is 13.0. The SMILES string of the molecule is O=C(O)c1ccn2nc(COc3cccc(F)c3)nc2c1. The number of hydrogen-bond acceptors (Lipinski definition) is 4. The first-order valence-electron chi connectivity index (χ1n) is 6.09. The van der Waals surface area contributed by atoms with Gasteiger partial charge in [0, 0.05) is 12.3 Å². The Hall–Kier alpha value is -2.96. The maximum atomic E-state index is 13.0. The first-order valence-corrected chi connectivity index (χ1v) is 6.09. The number of rotatable bonds is 4. The lowest BCUT2D eigenvalue weighted by Crippen LogP contribution is -1.98. The van der Waals surface area contributed by atoms with Crippen molar-refractivity contribution in [1.82, 2.24) is 14.6 Å². The number of fused-ring (bicyclic) bond motifs is 1. The Morgan fingerprint density at radius 1 is 1.33 bits per heavy atom. The molecule has 2 aromatic heterocycles. The summed E-state index contributed by atoms with van der Waals surface area (Å²) in [5.74, 6) is -0.665. The molecule has 3 aromatic rings. The molecule has 1 N–H and O–H groups in total. The number of carboxylic acids is 1. The van der Waals surface area contributed by atoms with Crippen LogP contribution in [-0.2, 0) is 6.61 Å². The highest BCUT2D eigenvalue weighted by Gasteiger charge is 2.08. The Kier molecular flexibility index (Phi) is 3.23. The van der Waals surface area contributed by atoms with Gasteiger partial charge in [-0.15, -0.1) is 5.10 Å². The summed E-state index contributed by atoms with van der Waals surface area (Å²) >= 11 is 0. The summed E-state index contributed by atoms with van der Waals surface area (Å²) in [5, 5.41) is 13.1. The van der Waals surface area contributed by atoms with Crippen molar-refractivity contribution in [2.24, 2.45) is 0 Å². The zero-order valence-electron chi connectivity index (χ0n) is 10.7. The molecule has 0 radical (unpaired) electrons. The van der Waals surface area contributed by atoms with Gasteiger partial charge in [-0.25, -0.2) is 18.7 Å². The van der Waals surface area contributed by atoms with Gasteiger partial charge < -0.3 is 9.84 Å². The highest BCUT2D eigenvalue weighted by Crippen LogP contribution is 2.14. The van der Waals surface area contributed by atoms with E-state index in [1.54, 1.807) is 12.1 Å². The van der Waals surface area contributed by atoms with Crippen molar-refractivity contribution in [1.29, 1.82) is 0 Å². The van der Waals surface area contributed by atoms with E-state index in [0.717, 1.165) is 0 Å². The summed E-state index contributed by atoms with van der Waals surface area (Å²) in [6.07, 6.45) is 1.51. The fourth-order valence-electron chi connectivity index (χ4n) is 1.83. The molecule has 0 aliphatic heterocycles. The molecule has 106 valence electrons. The second kappa shape index (κ2) is 5.20. The van der Waals surface area contributed by atoms with Crippen LogP contribution in [0.2, 0.25) is 0 Å². The van der Waals surface area contributed by atoms with Crippen molar-refractivity contribution in [3.63, 3.8) is 0 Å². The molecule has 0 saturated carbocycles. The number of ether oxygens (including phenoxy) is 1. The van der Waals surface area contributed by atoms with Crippen LogP contribution in [0.5, 0.6) is 5.75 Å². The predicted octanol–water partition coefficient (Wildman–Crippen LogP) is 2.15. The van der Waals surface area contributed by atoms with E-state index >= 15 is 0 Å². The monoisotopic (exact) mass is 287 g/mol. The first kappa shape index (κ1) is 13.0. The summed E-state index contributed by atoms with van der Waals surface area (Å²) in [5.41, 5.74) is 0.542. The van der Waals surface area contributed by atoms with Gasteiger partial charge in [0.2, 0.25) is 0 Å². The van der Waals surface area contributed by atoms with E-state index in [-0.39, 0.29) is 18.0 Å². The van der Waals surface area contributed by atoms with Crippen molar-refractivity contribution >= 4 is 11.6 Å². The molecule has 0 aliphatic carbocycles. The number of benzene rings is 1. The molecule has 0 amide bonds. The van der Waals surface area contributed by atoms with Crippen LogP contribution in [-0.4, -0.2) is 25.7 Å². The van der Waals surface area contributed by atoms with Gasteiger partial charge in [0.05, 0.1) is 5.56 Å². The van der Waals surface area contributed by atoms with Crippen LogP contribution < -0.4 is 4.74 Å². The lowest BCUT2D eigenvalue weighted by molar-refractivity contribution is 0.0697. The third kappa shape index (κ3) is 2.81. The average Bonchev–Trinajstić information content (AvgIpc) is 2.87. The van der Waals surface area contributed by atoms with E-state index in [0.29, 0.717) is 17.2 Å². The minimum Gasteiger partial charge on any atom is -0.485 e. The Bertz CT molecular complexity index is 816. The van der Waals surface area contributed by atoms with Crippen LogP contribution in [0, 0.1) is 5.82 Å². The van der Waals surface area contributed by atoms with Gasteiger partial charge in [0.15, 0.2) is 11.5 Å². The van der Waals surface area contributed by atoms with Gasteiger partial charge in [0.1, 0.15) is 18.2 Å². The fourth-order valence-corrected chi connectivity index (χ4v) is 1.83. The van der Waals surface area contributed by atoms with Crippen molar-refractivity contribution in [2.75, 3.05) is 0 Å². The van der Waals surface area contributed by atoms with E-state index in [1.807, 2.05) is 0 Å². The van der Waals surface area contributed by atoms with Crippen molar-refractivity contribution < 1.29 is 19.0 Å². The number of carboxylic acid groups (broad SMARTS) is 1. The molecule has 3 rings (SSSR count). The lowest BCUT2D eigenvalue weighted by atomic mass is 10.3. The molecule has 0 fully saturated rings. The highest BCUT2D eigenvalue weighted by molar-refractivity contribution is 5.88. The first-order chi connectivity index (χ1) is 10.1. The Morgan fingerprint density at radius 3 is 2.95 bits per heavy atom. The van der Waals surface area contributed by atoms with Gasteiger partial charge in [-0.2, -0.15) is 0 Å². The molecule has 0 unspecified atom stereocenters. The zero-order valence-corrected chi connectivity index (χ0v) is 10.7. The van der Waals surface area contributed by atoms with Crippen LogP contribution in [0.1, 0.15) is 16.2 Å². The summed E-state index contributed by atoms with van der Waals surface area (Å²) in [6, 6.07) is 8.60. The van der Waals surface area contributed by atoms with Gasteiger partial charge in [-0.05, 0) is 24.3 Å². The lowest BCUT2D eigenvalue weighted by Gasteiger charge is -2.02. The molecular formula is C14H10FN3O3. The third-order valence-corrected chi connectivity index (χ3v) is 2.79. The predicted molar refractivity (Wildman–Crippen MR) is 70.7 cm³/mol. The Labute approximate surface area is 118 Å². The van der Waals surface area contributed by atoms with E-state index in [1.165, 1.54) is 35.0 Å². The van der Waals surface area contributed by atoms with Crippen LogP contribution in [0.15, 0.2) is 42.6 Å². The molecule has 0 atom stereocenters. The molecule has 0 bridgehead atoms. The normalized spacial score (nSPS) is 10.7. The molecular weight excluding hydrogens is 277 g/mol. The fraction of sp³-hybridized carbons (Fsp3) is 0.0714. The van der Waals surface area contributed by atoms with Crippen molar-refractivity contribution in [3.05, 3.63) is 59.8 Å². The largest absolute Gasteiger partial charge is 0.485 e. The number of carbonyl (C=O) groups is 1. The topological polar surface area (TPSA) is 76.7 Å². The standard InChI is InChI=1S/C14H10FN3O3/c15-10-2-1-3-11(7-10)21-8-12-16-13-6-9(14(19)20)4-5-18(13)17-12/h1-7H,8H2,(H,19,20). The minimum absolute atomic E-state index is 0.0630. The summed E-state index contributed by atoms with van der Waals surface area (Å²) < 4.78 is 19.9. The van der Waals surface area contributed by atoms with Crippen molar-refractivity contribution in [2.45, 2.75) is 6.61 Å². The van der Waals surface area contributed by atoms with Gasteiger partial charge >= 0.3 is 5.97 Å². The highest BCUT2D eigenvalue weighted by atomic mass is 19.1. The molecule has 21 heavy (non-hydrogen) atoms. The number of aromatic nitrogens is 3. The second-order valence-corrected chi connectivity index (χ2v) is 4.30. The minimum atomic E-state index is -1.03. The summed E-state index contributed by atoms with van der Waals surface area (Å²) in [6.45, 7) is 0.0630. The molecule has 6 nitrogen and oxygen atoms in total. The van der Waals surface area contributed by atoms with Crippen molar-refractivity contribution in [3.8, 4) is 5.75 Å². The molecule has 0 saturated heterocycles. The zero-order chi connectivity index (χ0) is 14.8. The Morgan fingerprint density at radius 2 is 2.19 bits per heavy atom. The molecule has 0 spiro atoms.